The SMILES string of the molecule is Cc1ccc(C)c(Oc2cc(NC(=O)c3ccn(Cn4nc(C)c(Cl)c4C)n3)cc([N+](=O)[O-])c2)c1. The van der Waals surface area contributed by atoms with Crippen molar-refractivity contribution in [3.8, 4) is 11.5 Å². The van der Waals surface area contributed by atoms with E-state index in [1.54, 1.807) is 21.6 Å². The topological polar surface area (TPSA) is 117 Å². The highest BCUT2D eigenvalue weighted by molar-refractivity contribution is 6.31. The van der Waals surface area contributed by atoms with Crippen LogP contribution in [0.2, 0.25) is 5.02 Å². The lowest BCUT2D eigenvalue weighted by molar-refractivity contribution is -0.384. The van der Waals surface area contributed by atoms with Crippen LogP contribution < -0.4 is 10.1 Å². The summed E-state index contributed by atoms with van der Waals surface area (Å²) in [7, 11) is 0. The van der Waals surface area contributed by atoms with Crippen molar-refractivity contribution in [1.82, 2.24) is 19.6 Å². The van der Waals surface area contributed by atoms with Gasteiger partial charge in [0.1, 0.15) is 18.2 Å². The molecule has 0 fully saturated rings. The van der Waals surface area contributed by atoms with Crippen LogP contribution in [-0.2, 0) is 6.67 Å². The number of carbonyl (C=O) groups is 1. The van der Waals surface area contributed by atoms with Gasteiger partial charge in [0.15, 0.2) is 5.69 Å². The molecule has 1 amide bonds. The second kappa shape index (κ2) is 9.59. The fourth-order valence-corrected chi connectivity index (χ4v) is 3.61. The number of aryl methyl sites for hydroxylation is 3. The minimum atomic E-state index is -0.542. The molecule has 0 spiro atoms. The van der Waals surface area contributed by atoms with E-state index in [4.69, 9.17) is 16.3 Å². The number of rotatable bonds is 7. The molecule has 0 unspecified atom stereocenters. The van der Waals surface area contributed by atoms with Crippen molar-refractivity contribution in [2.24, 2.45) is 0 Å². The molecule has 2 heterocycles. The van der Waals surface area contributed by atoms with E-state index >= 15 is 0 Å². The van der Waals surface area contributed by atoms with Crippen molar-refractivity contribution in [3.63, 3.8) is 0 Å². The lowest BCUT2D eigenvalue weighted by atomic mass is 10.1. The predicted octanol–water partition coefficient (Wildman–Crippen LogP) is 5.43. The van der Waals surface area contributed by atoms with Gasteiger partial charge in [0, 0.05) is 18.3 Å². The van der Waals surface area contributed by atoms with Crippen LogP contribution in [-0.4, -0.2) is 30.4 Å². The maximum atomic E-state index is 12.8. The van der Waals surface area contributed by atoms with Crippen LogP contribution in [0.1, 0.15) is 33.0 Å². The lowest BCUT2D eigenvalue weighted by Gasteiger charge is -2.11. The number of hydrogen-bond donors (Lipinski definition) is 1. The number of non-ortho nitro benzene ring substituents is 1. The van der Waals surface area contributed by atoms with Gasteiger partial charge >= 0.3 is 0 Å². The molecule has 2 aromatic heterocycles. The number of nitrogens with one attached hydrogen (secondary N) is 1. The average Bonchev–Trinajstić information content (AvgIpc) is 3.37. The first-order valence-corrected chi connectivity index (χ1v) is 11.1. The molecule has 4 rings (SSSR count). The summed E-state index contributed by atoms with van der Waals surface area (Å²) in [4.78, 5) is 23.7. The van der Waals surface area contributed by atoms with Crippen molar-refractivity contribution in [3.05, 3.63) is 92.0 Å². The van der Waals surface area contributed by atoms with E-state index in [1.165, 1.54) is 18.2 Å². The average molecular weight is 495 g/mol. The van der Waals surface area contributed by atoms with Crippen LogP contribution in [0.3, 0.4) is 0 Å². The van der Waals surface area contributed by atoms with Gasteiger partial charge in [0.25, 0.3) is 11.6 Å². The summed E-state index contributed by atoms with van der Waals surface area (Å²) in [6.45, 7) is 7.74. The number of amides is 1. The number of anilines is 1. The summed E-state index contributed by atoms with van der Waals surface area (Å²) < 4.78 is 9.14. The zero-order chi connectivity index (χ0) is 25.3. The number of hydrogen-bond acceptors (Lipinski definition) is 6. The molecular formula is C24H23ClN6O4. The summed E-state index contributed by atoms with van der Waals surface area (Å²) in [5, 5.41) is 23.4. The van der Waals surface area contributed by atoms with E-state index in [0.29, 0.717) is 16.5 Å². The zero-order valence-electron chi connectivity index (χ0n) is 19.6. The Balaban J connectivity index is 1.54. The van der Waals surface area contributed by atoms with E-state index < -0.39 is 10.8 Å². The quantitative estimate of drug-likeness (QED) is 0.270. The number of halogens is 1. The Kier molecular flexibility index (Phi) is 6.57. The van der Waals surface area contributed by atoms with Crippen molar-refractivity contribution in [2.45, 2.75) is 34.4 Å². The van der Waals surface area contributed by atoms with Crippen molar-refractivity contribution < 1.29 is 14.5 Å². The summed E-state index contributed by atoms with van der Waals surface area (Å²) in [6.07, 6.45) is 1.64. The van der Waals surface area contributed by atoms with Gasteiger partial charge in [-0.05, 0) is 51.0 Å². The standard InChI is InChI=1S/C24H23ClN6O4/c1-14-5-6-15(2)22(9-14)35-20-11-18(10-19(12-20)31(33)34)26-24(32)21-7-8-29(28-21)13-30-17(4)23(25)16(3)27-30/h5-12H,13H2,1-4H3,(H,26,32). The molecule has 0 bridgehead atoms. The number of carbonyl (C=O) groups excluding carboxylic acids is 1. The molecule has 0 saturated heterocycles. The second-order valence-corrected chi connectivity index (χ2v) is 8.54. The normalized spacial score (nSPS) is 10.9. The highest BCUT2D eigenvalue weighted by atomic mass is 35.5. The largest absolute Gasteiger partial charge is 0.457 e. The van der Waals surface area contributed by atoms with Gasteiger partial charge in [-0.3, -0.25) is 19.6 Å². The number of benzene rings is 2. The molecule has 10 nitrogen and oxygen atoms in total. The van der Waals surface area contributed by atoms with Crippen molar-refractivity contribution in [1.29, 1.82) is 0 Å². The van der Waals surface area contributed by atoms with E-state index in [0.717, 1.165) is 16.8 Å². The van der Waals surface area contributed by atoms with Gasteiger partial charge in [-0.25, -0.2) is 4.68 Å². The molecule has 1 N–H and O–H groups in total. The van der Waals surface area contributed by atoms with Crippen LogP contribution in [0.5, 0.6) is 11.5 Å². The van der Waals surface area contributed by atoms with Crippen LogP contribution >= 0.6 is 11.6 Å². The number of aromatic nitrogens is 4. The molecule has 35 heavy (non-hydrogen) atoms. The molecular weight excluding hydrogens is 472 g/mol. The first-order valence-electron chi connectivity index (χ1n) is 10.7. The first kappa shape index (κ1) is 24.0. The van der Waals surface area contributed by atoms with E-state index in [1.807, 2.05) is 45.9 Å². The Bertz CT molecular complexity index is 1440. The Labute approximate surface area is 206 Å². The fourth-order valence-electron chi connectivity index (χ4n) is 3.47. The third-order valence-electron chi connectivity index (χ3n) is 5.38. The zero-order valence-corrected chi connectivity index (χ0v) is 20.3. The molecule has 11 heteroatoms. The van der Waals surface area contributed by atoms with Crippen molar-refractivity contribution >= 4 is 28.9 Å². The van der Waals surface area contributed by atoms with E-state index in [-0.39, 0.29) is 29.5 Å². The van der Waals surface area contributed by atoms with Gasteiger partial charge in [-0.2, -0.15) is 10.2 Å². The van der Waals surface area contributed by atoms with Gasteiger partial charge in [0.2, 0.25) is 0 Å². The molecule has 4 aromatic rings. The second-order valence-electron chi connectivity index (χ2n) is 8.16. The van der Waals surface area contributed by atoms with Gasteiger partial charge < -0.3 is 10.1 Å². The molecule has 2 aromatic carbocycles. The summed E-state index contributed by atoms with van der Waals surface area (Å²) in [5.74, 6) is 0.286. The molecule has 0 aliphatic rings. The fraction of sp³-hybridized carbons (Fsp3) is 0.208. The third kappa shape index (κ3) is 5.33. The number of nitro benzene ring substituents is 1. The Morgan fingerprint density at radius 2 is 1.89 bits per heavy atom. The van der Waals surface area contributed by atoms with Gasteiger partial charge in [-0.15, -0.1) is 0 Å². The maximum Gasteiger partial charge on any atom is 0.276 e. The molecule has 0 atom stereocenters. The van der Waals surface area contributed by atoms with Crippen LogP contribution in [0.15, 0.2) is 48.7 Å². The van der Waals surface area contributed by atoms with E-state index in [2.05, 4.69) is 15.5 Å². The Morgan fingerprint density at radius 1 is 1.11 bits per heavy atom. The monoisotopic (exact) mass is 494 g/mol. The summed E-state index contributed by atoms with van der Waals surface area (Å²) in [6, 6.07) is 11.4. The van der Waals surface area contributed by atoms with Crippen LogP contribution in [0.25, 0.3) is 0 Å². The van der Waals surface area contributed by atoms with Crippen LogP contribution in [0.4, 0.5) is 11.4 Å². The molecule has 0 saturated carbocycles. The lowest BCUT2D eigenvalue weighted by Crippen LogP contribution is -2.16. The van der Waals surface area contributed by atoms with E-state index in [9.17, 15) is 14.9 Å². The minimum absolute atomic E-state index is 0.140. The predicted molar refractivity (Wildman–Crippen MR) is 131 cm³/mol. The van der Waals surface area contributed by atoms with Gasteiger partial charge in [-0.1, -0.05) is 23.7 Å². The molecule has 0 aliphatic carbocycles. The third-order valence-corrected chi connectivity index (χ3v) is 5.92. The smallest absolute Gasteiger partial charge is 0.276 e. The van der Waals surface area contributed by atoms with Crippen molar-refractivity contribution in [2.75, 3.05) is 5.32 Å². The number of nitrogens with zero attached hydrogens (tertiary/aromatic N) is 5. The maximum absolute atomic E-state index is 12.8. The van der Waals surface area contributed by atoms with Crippen LogP contribution in [0, 0.1) is 37.8 Å². The first-order chi connectivity index (χ1) is 16.6. The Morgan fingerprint density at radius 3 is 2.57 bits per heavy atom. The summed E-state index contributed by atoms with van der Waals surface area (Å²) >= 11 is 6.19. The number of ether oxygens (including phenoxy) is 1. The highest BCUT2D eigenvalue weighted by Crippen LogP contribution is 2.32. The van der Waals surface area contributed by atoms with Gasteiger partial charge in [0.05, 0.1) is 33.1 Å². The highest BCUT2D eigenvalue weighted by Gasteiger charge is 2.17. The minimum Gasteiger partial charge on any atom is -0.457 e. The molecule has 0 aliphatic heterocycles. The Hall–Kier alpha value is -4.18. The molecule has 0 radical (unpaired) electrons. The molecule has 180 valence electrons. The number of nitro groups is 1. The summed E-state index contributed by atoms with van der Waals surface area (Å²) in [5.41, 5.74) is 3.50.